The number of hydrogen-bond acceptors (Lipinski definition) is 7. The van der Waals surface area contributed by atoms with Crippen molar-refractivity contribution in [1.29, 1.82) is 0 Å². The Balaban J connectivity index is 1.64. The van der Waals surface area contributed by atoms with Gasteiger partial charge in [0.15, 0.2) is 12.4 Å². The van der Waals surface area contributed by atoms with E-state index in [1.165, 1.54) is 6.92 Å². The molecule has 0 amide bonds. The molecule has 3 aromatic heterocycles. The number of carbonyl (C=O) groups is 3. The number of rotatable bonds is 6. The fourth-order valence-electron chi connectivity index (χ4n) is 3.97. The number of pyridine rings is 1. The summed E-state index contributed by atoms with van der Waals surface area (Å²) in [6, 6.07) is 9.30. The zero-order valence-corrected chi connectivity index (χ0v) is 19.0. The van der Waals surface area contributed by atoms with Gasteiger partial charge in [-0.05, 0) is 46.2 Å². The van der Waals surface area contributed by atoms with Crippen LogP contribution in [0.25, 0.3) is 22.4 Å². The molecule has 4 aromatic rings. The van der Waals surface area contributed by atoms with Crippen molar-refractivity contribution in [2.45, 2.75) is 34.6 Å². The fourth-order valence-corrected chi connectivity index (χ4v) is 3.97. The van der Waals surface area contributed by atoms with Gasteiger partial charge in [0.25, 0.3) is 5.71 Å². The minimum Gasteiger partial charge on any atom is -0.454 e. The second-order valence-electron chi connectivity index (χ2n) is 8.05. The van der Waals surface area contributed by atoms with Gasteiger partial charge in [-0.15, -0.1) is 0 Å². The van der Waals surface area contributed by atoms with E-state index >= 15 is 0 Å². The van der Waals surface area contributed by atoms with E-state index in [0.29, 0.717) is 33.6 Å². The highest BCUT2D eigenvalue weighted by Crippen LogP contribution is 2.28. The van der Waals surface area contributed by atoms with Crippen molar-refractivity contribution < 1.29 is 23.6 Å². The van der Waals surface area contributed by atoms with E-state index < -0.39 is 18.4 Å². The molecule has 3 heterocycles. The van der Waals surface area contributed by atoms with Gasteiger partial charge in [0.1, 0.15) is 0 Å². The molecule has 1 aromatic carbocycles. The summed E-state index contributed by atoms with van der Waals surface area (Å²) in [5, 5.41) is 4.36. The average Bonchev–Trinajstić information content (AvgIpc) is 3.30. The summed E-state index contributed by atoms with van der Waals surface area (Å²) >= 11 is 0. The lowest BCUT2D eigenvalue weighted by Gasteiger charge is -2.08. The van der Waals surface area contributed by atoms with Gasteiger partial charge in [-0.1, -0.05) is 35.0 Å². The Morgan fingerprint density at radius 3 is 2.39 bits per heavy atom. The van der Waals surface area contributed by atoms with Gasteiger partial charge in [-0.3, -0.25) is 9.59 Å². The Morgan fingerprint density at radius 1 is 1.06 bits per heavy atom. The number of aryl methyl sites for hydroxylation is 3. The molecule has 4 rings (SSSR count). The lowest BCUT2D eigenvalue weighted by Crippen LogP contribution is -2.16. The first-order valence-corrected chi connectivity index (χ1v) is 10.4. The molecular weight excluding hydrogens is 422 g/mol. The van der Waals surface area contributed by atoms with Gasteiger partial charge < -0.3 is 14.2 Å². The Hall–Kier alpha value is -4.07. The van der Waals surface area contributed by atoms with Gasteiger partial charge in [-0.2, -0.15) is 0 Å². The molecule has 0 aliphatic carbocycles. The monoisotopic (exact) mass is 445 g/mol. The summed E-state index contributed by atoms with van der Waals surface area (Å²) in [5.41, 5.74) is 5.23. The smallest absolute Gasteiger partial charge is 0.339 e. The first kappa shape index (κ1) is 22.1. The second-order valence-corrected chi connectivity index (χ2v) is 8.05. The maximum Gasteiger partial charge on any atom is 0.339 e. The largest absolute Gasteiger partial charge is 0.454 e. The van der Waals surface area contributed by atoms with Crippen molar-refractivity contribution >= 4 is 28.6 Å². The van der Waals surface area contributed by atoms with E-state index in [0.717, 1.165) is 11.1 Å². The van der Waals surface area contributed by atoms with Gasteiger partial charge >= 0.3 is 5.97 Å². The zero-order chi connectivity index (χ0) is 23.9. The molecule has 8 heteroatoms. The Kier molecular flexibility index (Phi) is 5.68. The average molecular weight is 445 g/mol. The summed E-state index contributed by atoms with van der Waals surface area (Å²) in [4.78, 5) is 45.0. The summed E-state index contributed by atoms with van der Waals surface area (Å²) in [6.45, 7) is 8.06. The van der Waals surface area contributed by atoms with Gasteiger partial charge in [-0.25, -0.2) is 9.78 Å². The molecule has 0 fully saturated rings. The summed E-state index contributed by atoms with van der Waals surface area (Å²) in [5.74, 6) is -1.26. The molecule has 0 spiro atoms. The number of aromatic nitrogens is 3. The highest BCUT2D eigenvalue weighted by molar-refractivity contribution is 6.07. The van der Waals surface area contributed by atoms with Crippen molar-refractivity contribution in [3.63, 3.8) is 0 Å². The lowest BCUT2D eigenvalue weighted by molar-refractivity contribution is 0.0475. The van der Waals surface area contributed by atoms with Crippen LogP contribution in [0.15, 0.2) is 34.9 Å². The highest BCUT2D eigenvalue weighted by atomic mass is 16.5. The minimum atomic E-state index is -0.692. The van der Waals surface area contributed by atoms with Crippen LogP contribution in [0, 0.1) is 27.7 Å². The standard InChI is InChI=1S/C25H23N3O5/c1-12-6-8-17(9-7-12)19-10-18(22-15(4)28-33-24(22)27-19)25(31)32-11-20(30)23-13(2)21(16(5)29)14(3)26-23/h6-10,26H,11H2,1-5H3. The maximum absolute atomic E-state index is 13.0. The van der Waals surface area contributed by atoms with Crippen molar-refractivity contribution in [3.05, 3.63) is 69.7 Å². The SMILES string of the molecule is CC(=O)c1c(C)[nH]c(C(=O)COC(=O)c2cc(-c3ccc(C)cc3)nc3onc(C)c23)c1C. The first-order valence-electron chi connectivity index (χ1n) is 10.4. The highest BCUT2D eigenvalue weighted by Gasteiger charge is 2.24. The Morgan fingerprint density at radius 2 is 1.76 bits per heavy atom. The van der Waals surface area contributed by atoms with Crippen LogP contribution in [0.2, 0.25) is 0 Å². The number of nitrogens with zero attached hydrogens (tertiary/aromatic N) is 2. The number of H-pyrrole nitrogens is 1. The molecule has 0 aliphatic rings. The number of Topliss-reactive ketones (excluding diaryl/α,β-unsaturated/α-hetero) is 2. The lowest BCUT2D eigenvalue weighted by atomic mass is 10.0. The van der Waals surface area contributed by atoms with E-state index in [4.69, 9.17) is 9.26 Å². The van der Waals surface area contributed by atoms with Gasteiger partial charge in [0, 0.05) is 16.8 Å². The molecule has 8 nitrogen and oxygen atoms in total. The molecule has 0 bridgehead atoms. The van der Waals surface area contributed by atoms with Crippen LogP contribution in [-0.4, -0.2) is 39.3 Å². The number of ether oxygens (including phenoxy) is 1. The fraction of sp³-hybridized carbons (Fsp3) is 0.240. The first-order chi connectivity index (χ1) is 15.7. The molecule has 0 saturated heterocycles. The third kappa shape index (κ3) is 4.07. The molecule has 0 unspecified atom stereocenters. The molecule has 1 N–H and O–H groups in total. The van der Waals surface area contributed by atoms with E-state index in [-0.39, 0.29) is 22.8 Å². The topological polar surface area (TPSA) is 115 Å². The van der Waals surface area contributed by atoms with Crippen LogP contribution in [0.4, 0.5) is 0 Å². The van der Waals surface area contributed by atoms with Gasteiger partial charge in [0.2, 0.25) is 5.78 Å². The predicted octanol–water partition coefficient (Wildman–Crippen LogP) is 4.69. The minimum absolute atomic E-state index is 0.136. The Labute approximate surface area is 190 Å². The summed E-state index contributed by atoms with van der Waals surface area (Å²) in [6.07, 6.45) is 0. The summed E-state index contributed by atoms with van der Waals surface area (Å²) in [7, 11) is 0. The van der Waals surface area contributed by atoms with Crippen molar-refractivity contribution in [2.24, 2.45) is 0 Å². The third-order valence-corrected chi connectivity index (χ3v) is 5.59. The van der Waals surface area contributed by atoms with E-state index in [2.05, 4.69) is 15.1 Å². The number of carbonyl (C=O) groups excluding carboxylic acids is 3. The molecule has 0 aliphatic heterocycles. The number of ketones is 2. The quantitative estimate of drug-likeness (QED) is 0.338. The number of nitrogens with one attached hydrogen (secondary N) is 1. The molecule has 33 heavy (non-hydrogen) atoms. The third-order valence-electron chi connectivity index (χ3n) is 5.59. The Bertz CT molecular complexity index is 1410. The van der Waals surface area contributed by atoms with Crippen LogP contribution < -0.4 is 0 Å². The number of aromatic amines is 1. The summed E-state index contributed by atoms with van der Waals surface area (Å²) < 4.78 is 10.7. The van der Waals surface area contributed by atoms with Crippen molar-refractivity contribution in [1.82, 2.24) is 15.1 Å². The number of benzene rings is 1. The predicted molar refractivity (Wildman–Crippen MR) is 122 cm³/mol. The van der Waals surface area contributed by atoms with E-state index in [1.807, 2.05) is 31.2 Å². The molecular formula is C25H23N3O5. The molecule has 0 saturated carbocycles. The number of hydrogen-bond donors (Lipinski definition) is 1. The maximum atomic E-state index is 13.0. The van der Waals surface area contributed by atoms with Crippen LogP contribution in [-0.2, 0) is 4.74 Å². The number of esters is 1. The van der Waals surface area contributed by atoms with Crippen molar-refractivity contribution in [2.75, 3.05) is 6.61 Å². The molecule has 0 atom stereocenters. The van der Waals surface area contributed by atoms with Crippen LogP contribution in [0.5, 0.6) is 0 Å². The van der Waals surface area contributed by atoms with E-state index in [1.54, 1.807) is 26.8 Å². The van der Waals surface area contributed by atoms with Crippen LogP contribution >= 0.6 is 0 Å². The zero-order valence-electron chi connectivity index (χ0n) is 19.0. The van der Waals surface area contributed by atoms with E-state index in [9.17, 15) is 14.4 Å². The normalized spacial score (nSPS) is 11.1. The number of fused-ring (bicyclic) bond motifs is 1. The van der Waals surface area contributed by atoms with Crippen molar-refractivity contribution in [3.8, 4) is 11.3 Å². The molecule has 0 radical (unpaired) electrons. The molecule has 168 valence electrons. The second kappa shape index (κ2) is 8.46. The van der Waals surface area contributed by atoms with Crippen LogP contribution in [0.3, 0.4) is 0 Å². The van der Waals surface area contributed by atoms with Gasteiger partial charge in [0.05, 0.1) is 28.0 Å². The van der Waals surface area contributed by atoms with Crippen LogP contribution in [0.1, 0.15) is 60.6 Å².